The first-order chi connectivity index (χ1) is 15.1. The zero-order valence-corrected chi connectivity index (χ0v) is 18.2. The molecule has 3 heterocycles. The molecule has 0 radical (unpaired) electrons. The molecule has 7 nitrogen and oxygen atoms in total. The van der Waals surface area contributed by atoms with Crippen molar-refractivity contribution in [3.05, 3.63) is 78.4 Å². The third kappa shape index (κ3) is 4.11. The number of hydrogen-bond acceptors (Lipinski definition) is 5. The van der Waals surface area contributed by atoms with Crippen molar-refractivity contribution >= 4 is 23.3 Å². The van der Waals surface area contributed by atoms with E-state index in [4.69, 9.17) is 21.7 Å². The standard InChI is InChI=1S/C23H24N4O3S/c1-3-30-20(28)15-27-22(21(25-23(27)31)16-9-6-7-13-24-16)18-11-8-14-26(18)17-10-4-5-12-19(17)29-2/h4-14,21-22H,3,15H2,1-2H3,(H,25,31)/t21-,22+/m1/s1. The molecular weight excluding hydrogens is 412 g/mol. The van der Waals surface area contributed by atoms with Crippen molar-refractivity contribution in [2.75, 3.05) is 20.3 Å². The van der Waals surface area contributed by atoms with Gasteiger partial charge >= 0.3 is 5.97 Å². The van der Waals surface area contributed by atoms with Crippen LogP contribution in [0.15, 0.2) is 67.0 Å². The van der Waals surface area contributed by atoms with E-state index in [-0.39, 0.29) is 24.6 Å². The Morgan fingerprint density at radius 1 is 1.16 bits per heavy atom. The molecule has 8 heteroatoms. The maximum Gasteiger partial charge on any atom is 0.325 e. The number of rotatable bonds is 7. The van der Waals surface area contributed by atoms with Gasteiger partial charge in [0.25, 0.3) is 0 Å². The zero-order valence-electron chi connectivity index (χ0n) is 17.4. The van der Waals surface area contributed by atoms with Crippen molar-refractivity contribution < 1.29 is 14.3 Å². The second kappa shape index (κ2) is 9.18. The lowest BCUT2D eigenvalue weighted by molar-refractivity contribution is -0.143. The number of thiocarbonyl (C=S) groups is 1. The monoisotopic (exact) mass is 436 g/mol. The SMILES string of the molecule is CCOC(=O)CN1C(=S)N[C@H](c2ccccn2)[C@@H]1c1cccn1-c1ccccc1OC. The van der Waals surface area contributed by atoms with Gasteiger partial charge in [0, 0.05) is 18.1 Å². The number of hydrogen-bond donors (Lipinski definition) is 1. The average Bonchev–Trinajstić information content (AvgIpc) is 3.39. The Kier molecular flexibility index (Phi) is 6.18. The Bertz CT molecular complexity index is 1070. The summed E-state index contributed by atoms with van der Waals surface area (Å²) in [7, 11) is 1.65. The Morgan fingerprint density at radius 2 is 1.97 bits per heavy atom. The lowest BCUT2D eigenvalue weighted by atomic mass is 10.0. The molecule has 0 amide bonds. The van der Waals surface area contributed by atoms with Crippen molar-refractivity contribution in [2.24, 2.45) is 0 Å². The maximum absolute atomic E-state index is 12.4. The Labute approximate surface area is 186 Å². The van der Waals surface area contributed by atoms with E-state index in [0.717, 1.165) is 22.8 Å². The fourth-order valence-electron chi connectivity index (χ4n) is 3.93. The summed E-state index contributed by atoms with van der Waals surface area (Å²) >= 11 is 5.63. The molecule has 1 aliphatic heterocycles. The number of aromatic nitrogens is 2. The predicted molar refractivity (Wildman–Crippen MR) is 121 cm³/mol. The van der Waals surface area contributed by atoms with Gasteiger partial charge in [0.2, 0.25) is 0 Å². The van der Waals surface area contributed by atoms with Crippen LogP contribution in [0.2, 0.25) is 0 Å². The quantitative estimate of drug-likeness (QED) is 0.450. The molecule has 2 aromatic heterocycles. The lowest BCUT2D eigenvalue weighted by Crippen LogP contribution is -2.36. The van der Waals surface area contributed by atoms with Gasteiger partial charge in [-0.15, -0.1) is 0 Å². The fourth-order valence-corrected chi connectivity index (χ4v) is 4.23. The number of benzene rings is 1. The number of methoxy groups -OCH3 is 1. The third-order valence-electron chi connectivity index (χ3n) is 5.23. The largest absolute Gasteiger partial charge is 0.495 e. The highest BCUT2D eigenvalue weighted by Gasteiger charge is 2.42. The van der Waals surface area contributed by atoms with Crippen LogP contribution < -0.4 is 10.1 Å². The van der Waals surface area contributed by atoms with Crippen molar-refractivity contribution in [3.8, 4) is 11.4 Å². The van der Waals surface area contributed by atoms with Crippen LogP contribution in [0.1, 0.15) is 30.4 Å². The van der Waals surface area contributed by atoms with Gasteiger partial charge in [-0.25, -0.2) is 0 Å². The second-order valence-electron chi connectivity index (χ2n) is 7.03. The molecule has 31 heavy (non-hydrogen) atoms. The Hall–Kier alpha value is -3.39. The zero-order chi connectivity index (χ0) is 21.8. The summed E-state index contributed by atoms with van der Waals surface area (Å²) in [5, 5.41) is 3.84. The highest BCUT2D eigenvalue weighted by molar-refractivity contribution is 7.80. The van der Waals surface area contributed by atoms with Crippen LogP contribution in [0.5, 0.6) is 5.75 Å². The van der Waals surface area contributed by atoms with Crippen molar-refractivity contribution in [2.45, 2.75) is 19.0 Å². The van der Waals surface area contributed by atoms with Crippen LogP contribution >= 0.6 is 12.2 Å². The van der Waals surface area contributed by atoms with Gasteiger partial charge in [-0.2, -0.15) is 0 Å². The summed E-state index contributed by atoms with van der Waals surface area (Å²) in [6, 6.07) is 17.1. The number of carbonyl (C=O) groups is 1. The van der Waals surface area contributed by atoms with E-state index in [1.807, 2.05) is 65.7 Å². The highest BCUT2D eigenvalue weighted by Crippen LogP contribution is 2.40. The van der Waals surface area contributed by atoms with Crippen LogP contribution in [0.4, 0.5) is 0 Å². The summed E-state index contributed by atoms with van der Waals surface area (Å²) in [6.45, 7) is 2.16. The van der Waals surface area contributed by atoms with Crippen LogP contribution in [0.25, 0.3) is 5.69 Å². The molecule has 0 unspecified atom stereocenters. The van der Waals surface area contributed by atoms with E-state index in [9.17, 15) is 4.79 Å². The van der Waals surface area contributed by atoms with Gasteiger partial charge in [0.15, 0.2) is 5.11 Å². The highest BCUT2D eigenvalue weighted by atomic mass is 32.1. The Balaban J connectivity index is 1.81. The van der Waals surface area contributed by atoms with E-state index < -0.39 is 0 Å². The third-order valence-corrected chi connectivity index (χ3v) is 5.58. The molecule has 1 N–H and O–H groups in total. The number of carbonyl (C=O) groups excluding carboxylic acids is 1. The van der Waals surface area contributed by atoms with Gasteiger partial charge in [0.1, 0.15) is 12.3 Å². The molecule has 1 saturated heterocycles. The molecular formula is C23H24N4O3S. The smallest absolute Gasteiger partial charge is 0.325 e. The first kappa shape index (κ1) is 20.9. The number of para-hydroxylation sites is 2. The molecule has 0 saturated carbocycles. The van der Waals surface area contributed by atoms with Crippen molar-refractivity contribution in [1.82, 2.24) is 19.8 Å². The lowest BCUT2D eigenvalue weighted by Gasteiger charge is -2.28. The summed E-state index contributed by atoms with van der Waals surface area (Å²) in [4.78, 5) is 18.8. The topological polar surface area (TPSA) is 68.6 Å². The van der Waals surface area contributed by atoms with E-state index in [1.54, 1.807) is 20.2 Å². The van der Waals surface area contributed by atoms with Crippen molar-refractivity contribution in [3.63, 3.8) is 0 Å². The molecule has 1 aliphatic rings. The molecule has 2 atom stereocenters. The molecule has 0 spiro atoms. The molecule has 4 rings (SSSR count). The maximum atomic E-state index is 12.4. The molecule has 1 fully saturated rings. The summed E-state index contributed by atoms with van der Waals surface area (Å²) < 4.78 is 12.8. The number of nitrogens with zero attached hydrogens (tertiary/aromatic N) is 3. The Morgan fingerprint density at radius 3 is 2.71 bits per heavy atom. The number of ether oxygens (including phenoxy) is 2. The van der Waals surface area contributed by atoms with E-state index in [0.29, 0.717) is 11.7 Å². The van der Waals surface area contributed by atoms with Gasteiger partial charge in [-0.05, 0) is 55.5 Å². The summed E-state index contributed by atoms with van der Waals surface area (Å²) in [5.41, 5.74) is 2.70. The van der Waals surface area contributed by atoms with E-state index in [1.165, 1.54) is 0 Å². The van der Waals surface area contributed by atoms with Crippen LogP contribution in [-0.4, -0.2) is 45.8 Å². The van der Waals surface area contributed by atoms with Gasteiger partial charge in [0.05, 0.1) is 37.2 Å². The normalized spacial score (nSPS) is 18.0. The minimum atomic E-state index is -0.325. The van der Waals surface area contributed by atoms with Crippen molar-refractivity contribution in [1.29, 1.82) is 0 Å². The first-order valence-corrected chi connectivity index (χ1v) is 10.5. The minimum Gasteiger partial charge on any atom is -0.495 e. The summed E-state index contributed by atoms with van der Waals surface area (Å²) in [6.07, 6.45) is 3.73. The van der Waals surface area contributed by atoms with Gasteiger partial charge < -0.3 is 24.3 Å². The van der Waals surface area contributed by atoms with E-state index >= 15 is 0 Å². The van der Waals surface area contributed by atoms with Gasteiger partial charge in [-0.3, -0.25) is 9.78 Å². The second-order valence-corrected chi connectivity index (χ2v) is 7.42. The van der Waals surface area contributed by atoms with Crippen LogP contribution in [0, 0.1) is 0 Å². The fraction of sp³-hybridized carbons (Fsp3) is 0.261. The van der Waals surface area contributed by atoms with Gasteiger partial charge in [-0.1, -0.05) is 18.2 Å². The van der Waals surface area contributed by atoms with E-state index in [2.05, 4.69) is 14.9 Å². The van der Waals surface area contributed by atoms with Crippen LogP contribution in [-0.2, 0) is 9.53 Å². The molecule has 3 aromatic rings. The van der Waals surface area contributed by atoms with Crippen LogP contribution in [0.3, 0.4) is 0 Å². The number of nitrogens with one attached hydrogen (secondary N) is 1. The number of esters is 1. The predicted octanol–water partition coefficient (Wildman–Crippen LogP) is 3.42. The molecule has 0 bridgehead atoms. The molecule has 0 aliphatic carbocycles. The molecule has 1 aromatic carbocycles. The minimum absolute atomic E-state index is 0.0464. The number of pyridine rings is 1. The summed E-state index contributed by atoms with van der Waals surface area (Å²) in [5.74, 6) is 0.425. The average molecular weight is 437 g/mol. The molecule has 160 valence electrons. The first-order valence-electron chi connectivity index (χ1n) is 10.1.